The van der Waals surface area contributed by atoms with Crippen LogP contribution in [0, 0.1) is 0 Å². The first kappa shape index (κ1) is 15.2. The molecule has 0 saturated carbocycles. The third-order valence-corrected chi connectivity index (χ3v) is 2.37. The molecule has 2 N–H and O–H groups in total. The quantitative estimate of drug-likeness (QED) is 0.489. The molecule has 0 aliphatic heterocycles. The third kappa shape index (κ3) is 4.40. The molecule has 2 atom stereocenters. The molecule has 1 heterocycles. The van der Waals surface area contributed by atoms with Gasteiger partial charge in [-0.15, -0.1) is 0 Å². The Kier molecular flexibility index (Phi) is 5.11. The van der Waals surface area contributed by atoms with Crippen molar-refractivity contribution in [3.8, 4) is 0 Å². The normalized spacial score (nSPS) is 14.6. The summed E-state index contributed by atoms with van der Waals surface area (Å²) in [4.78, 5) is 5.65. The molecular weight excluding hydrogens is 265 g/mol. The van der Waals surface area contributed by atoms with E-state index in [1.807, 2.05) is 0 Å². The summed E-state index contributed by atoms with van der Waals surface area (Å²) in [6, 6.07) is 1.76. The van der Waals surface area contributed by atoms with Crippen LogP contribution in [0.3, 0.4) is 0 Å². The Morgan fingerprint density at radius 3 is 2.53 bits per heavy atom. The van der Waals surface area contributed by atoms with Crippen LogP contribution in [-0.4, -0.2) is 27.8 Å². The van der Waals surface area contributed by atoms with Crippen molar-refractivity contribution in [2.75, 3.05) is 6.54 Å². The topological polar surface area (TPSA) is 102 Å². The molecular formula is C10H11F3N4O2. The zero-order chi connectivity index (χ0) is 14.5. The molecule has 104 valence electrons. The van der Waals surface area contributed by atoms with E-state index in [0.717, 1.165) is 18.3 Å². The number of alkyl halides is 3. The Bertz CT molecular complexity index is 457. The van der Waals surface area contributed by atoms with Gasteiger partial charge >= 0.3 is 6.18 Å². The van der Waals surface area contributed by atoms with E-state index in [-0.39, 0.29) is 18.5 Å². The number of halogens is 3. The molecule has 0 saturated heterocycles. The number of aliphatic hydroxyl groups is 2. The highest BCUT2D eigenvalue weighted by Gasteiger charge is 2.32. The molecule has 9 heteroatoms. The van der Waals surface area contributed by atoms with Gasteiger partial charge in [0.25, 0.3) is 0 Å². The van der Waals surface area contributed by atoms with E-state index < -0.39 is 24.1 Å². The second-order valence-electron chi connectivity index (χ2n) is 3.73. The lowest BCUT2D eigenvalue weighted by molar-refractivity contribution is -0.141. The number of aliphatic hydroxyl groups excluding tert-OH is 2. The van der Waals surface area contributed by atoms with Crippen molar-refractivity contribution >= 4 is 0 Å². The molecule has 6 nitrogen and oxygen atoms in total. The average Bonchev–Trinajstić information content (AvgIpc) is 2.37. The number of azide groups is 1. The highest BCUT2D eigenvalue weighted by Crippen LogP contribution is 2.28. The van der Waals surface area contributed by atoms with Crippen LogP contribution in [0.15, 0.2) is 23.4 Å². The van der Waals surface area contributed by atoms with Crippen LogP contribution in [0.5, 0.6) is 0 Å². The largest absolute Gasteiger partial charge is 0.433 e. The minimum Gasteiger partial charge on any atom is -0.390 e. The summed E-state index contributed by atoms with van der Waals surface area (Å²) >= 11 is 0. The van der Waals surface area contributed by atoms with Crippen LogP contribution < -0.4 is 0 Å². The molecule has 1 rings (SSSR count). The third-order valence-electron chi connectivity index (χ3n) is 2.37. The number of nitrogens with zero attached hydrogens (tertiary/aromatic N) is 4. The highest BCUT2D eigenvalue weighted by atomic mass is 19.4. The minimum atomic E-state index is -4.55. The maximum absolute atomic E-state index is 12.3. The summed E-state index contributed by atoms with van der Waals surface area (Å²) in [7, 11) is 0. The fourth-order valence-corrected chi connectivity index (χ4v) is 1.36. The van der Waals surface area contributed by atoms with Crippen molar-refractivity contribution in [1.29, 1.82) is 0 Å². The van der Waals surface area contributed by atoms with Crippen LogP contribution in [0.1, 0.15) is 23.8 Å². The second-order valence-corrected chi connectivity index (χ2v) is 3.73. The molecule has 2 unspecified atom stereocenters. The fourth-order valence-electron chi connectivity index (χ4n) is 1.36. The van der Waals surface area contributed by atoms with E-state index in [1.54, 1.807) is 0 Å². The van der Waals surface area contributed by atoms with E-state index >= 15 is 0 Å². The minimum absolute atomic E-state index is 0.00769. The van der Waals surface area contributed by atoms with E-state index in [0.29, 0.717) is 0 Å². The maximum Gasteiger partial charge on any atom is 0.433 e. The Balaban J connectivity index is 2.72. The summed E-state index contributed by atoms with van der Waals surface area (Å²) in [5.41, 5.74) is 7.02. The molecule has 0 aliphatic rings. The molecule has 19 heavy (non-hydrogen) atoms. The lowest BCUT2D eigenvalue weighted by atomic mass is 10.0. The van der Waals surface area contributed by atoms with E-state index in [4.69, 9.17) is 5.53 Å². The van der Waals surface area contributed by atoms with Crippen LogP contribution in [0.4, 0.5) is 13.2 Å². The van der Waals surface area contributed by atoms with Crippen LogP contribution in [0.25, 0.3) is 10.4 Å². The number of hydrogen-bond acceptors (Lipinski definition) is 4. The zero-order valence-corrected chi connectivity index (χ0v) is 9.62. The average molecular weight is 276 g/mol. The Labute approximate surface area is 106 Å². The van der Waals surface area contributed by atoms with Crippen molar-refractivity contribution in [3.63, 3.8) is 0 Å². The van der Waals surface area contributed by atoms with Gasteiger partial charge in [0.15, 0.2) is 0 Å². The fraction of sp³-hybridized carbons (Fsp3) is 0.500. The van der Waals surface area contributed by atoms with Crippen molar-refractivity contribution in [2.45, 2.75) is 24.8 Å². The van der Waals surface area contributed by atoms with Crippen molar-refractivity contribution in [2.24, 2.45) is 5.11 Å². The molecule has 0 bridgehead atoms. The molecule has 0 fully saturated rings. The smallest absolute Gasteiger partial charge is 0.390 e. The Hall–Kier alpha value is -1.83. The van der Waals surface area contributed by atoms with E-state index in [9.17, 15) is 23.4 Å². The summed E-state index contributed by atoms with van der Waals surface area (Å²) in [6.07, 6.45) is -6.34. The lowest BCUT2D eigenvalue weighted by Crippen LogP contribution is -2.19. The highest BCUT2D eigenvalue weighted by molar-refractivity contribution is 5.18. The van der Waals surface area contributed by atoms with Gasteiger partial charge in [0.05, 0.1) is 6.10 Å². The van der Waals surface area contributed by atoms with Gasteiger partial charge in [0.1, 0.15) is 11.8 Å². The van der Waals surface area contributed by atoms with E-state index in [1.165, 1.54) is 0 Å². The summed E-state index contributed by atoms with van der Waals surface area (Å²) < 4.78 is 36.8. The van der Waals surface area contributed by atoms with Crippen molar-refractivity contribution < 1.29 is 23.4 Å². The van der Waals surface area contributed by atoms with Gasteiger partial charge in [-0.05, 0) is 18.0 Å². The van der Waals surface area contributed by atoms with Crippen LogP contribution in [-0.2, 0) is 6.18 Å². The first-order valence-corrected chi connectivity index (χ1v) is 5.26. The maximum atomic E-state index is 12.3. The molecule has 0 spiro atoms. The molecule has 0 aromatic carbocycles. The predicted molar refractivity (Wildman–Crippen MR) is 58.8 cm³/mol. The number of pyridine rings is 1. The van der Waals surface area contributed by atoms with Gasteiger partial charge in [-0.2, -0.15) is 13.2 Å². The summed E-state index contributed by atoms with van der Waals surface area (Å²) in [5, 5.41) is 22.4. The van der Waals surface area contributed by atoms with Gasteiger partial charge in [0, 0.05) is 23.2 Å². The molecule has 0 amide bonds. The zero-order valence-electron chi connectivity index (χ0n) is 9.62. The SMILES string of the molecule is [N-]=[N+]=NCCC(O)C(O)c1ccc(C(F)(F)F)nc1. The molecule has 0 aliphatic carbocycles. The van der Waals surface area contributed by atoms with Crippen molar-refractivity contribution in [1.82, 2.24) is 4.98 Å². The first-order chi connectivity index (χ1) is 8.86. The number of aromatic nitrogens is 1. The standard InChI is InChI=1S/C10H11F3N4O2/c11-10(12,13)8-2-1-6(5-15-8)9(19)7(18)3-4-16-17-14/h1-2,5,7,9,18-19H,3-4H2. The molecule has 1 aromatic heterocycles. The number of hydrogen-bond donors (Lipinski definition) is 2. The second kappa shape index (κ2) is 6.37. The molecule has 1 aromatic rings. The van der Waals surface area contributed by atoms with Gasteiger partial charge in [-0.3, -0.25) is 4.98 Å². The predicted octanol–water partition coefficient (Wildman–Crippen LogP) is 2.20. The summed E-state index contributed by atoms with van der Waals surface area (Å²) in [6.45, 7) is -0.0250. The van der Waals surface area contributed by atoms with E-state index in [2.05, 4.69) is 15.0 Å². The number of rotatable bonds is 5. The van der Waals surface area contributed by atoms with Crippen molar-refractivity contribution in [3.05, 3.63) is 40.0 Å². The van der Waals surface area contributed by atoms with Crippen LogP contribution >= 0.6 is 0 Å². The Morgan fingerprint density at radius 2 is 2.05 bits per heavy atom. The monoisotopic (exact) mass is 276 g/mol. The molecule has 0 radical (unpaired) electrons. The van der Waals surface area contributed by atoms with Gasteiger partial charge in [0.2, 0.25) is 0 Å². The van der Waals surface area contributed by atoms with Gasteiger partial charge in [-0.25, -0.2) is 0 Å². The Morgan fingerprint density at radius 1 is 1.37 bits per heavy atom. The van der Waals surface area contributed by atoms with Crippen LogP contribution in [0.2, 0.25) is 0 Å². The summed E-state index contributed by atoms with van der Waals surface area (Å²) in [5.74, 6) is 0. The van der Waals surface area contributed by atoms with Gasteiger partial charge < -0.3 is 10.2 Å². The first-order valence-electron chi connectivity index (χ1n) is 5.26. The lowest BCUT2D eigenvalue weighted by Gasteiger charge is -2.17. The van der Waals surface area contributed by atoms with Gasteiger partial charge in [-0.1, -0.05) is 11.2 Å².